The van der Waals surface area contributed by atoms with Gasteiger partial charge >= 0.3 is 0 Å². The number of aromatic nitrogens is 4. The van der Waals surface area contributed by atoms with Gasteiger partial charge in [-0.2, -0.15) is 4.52 Å². The van der Waals surface area contributed by atoms with E-state index >= 15 is 0 Å². The van der Waals surface area contributed by atoms with Crippen LogP contribution in [0.4, 0.5) is 5.69 Å². The Labute approximate surface area is 207 Å². The van der Waals surface area contributed by atoms with Crippen molar-refractivity contribution in [3.05, 3.63) is 94.5 Å². The van der Waals surface area contributed by atoms with E-state index in [9.17, 15) is 4.79 Å². The lowest BCUT2D eigenvalue weighted by atomic mass is 10.1. The molecule has 9 heteroatoms. The van der Waals surface area contributed by atoms with Gasteiger partial charge in [0.2, 0.25) is 5.91 Å². The number of hydrogen-bond donors (Lipinski definition) is 0. The molecule has 5 aromatic rings. The van der Waals surface area contributed by atoms with Gasteiger partial charge in [-0.15, -0.1) is 16.9 Å². The first-order chi connectivity index (χ1) is 16.7. The van der Waals surface area contributed by atoms with Crippen LogP contribution in [0.2, 0.25) is 0 Å². The van der Waals surface area contributed by atoms with Crippen LogP contribution in [0.5, 0.6) is 5.75 Å². The first-order valence-electron chi connectivity index (χ1n) is 10.7. The number of benzene rings is 3. The zero-order valence-corrected chi connectivity index (χ0v) is 20.2. The number of fused-ring (bicyclic) bond motifs is 3. The Kier molecular flexibility index (Phi) is 5.43. The van der Waals surface area contributed by atoms with Crippen molar-refractivity contribution in [2.45, 2.75) is 12.0 Å². The fourth-order valence-corrected chi connectivity index (χ4v) is 5.59. The van der Waals surface area contributed by atoms with Gasteiger partial charge in [0.05, 0.1) is 11.3 Å². The standard InChI is InChI=1S/C25H18BrN5O2S/c26-19-7-9-20(10-8-19)30-23(32)15-34-25(30)16-5-11-21(12-6-16)33-14-18-13-17-3-1-2-4-22(17)31-24(18)27-28-29-31/h1-13,25H,14-15H2. The molecule has 0 spiro atoms. The zero-order chi connectivity index (χ0) is 23.1. The fraction of sp³-hybridized carbons (Fsp3) is 0.120. The number of rotatable bonds is 5. The van der Waals surface area contributed by atoms with E-state index in [0.717, 1.165) is 37.9 Å². The van der Waals surface area contributed by atoms with Crippen LogP contribution >= 0.6 is 27.7 Å². The number of halogens is 1. The topological polar surface area (TPSA) is 72.6 Å². The number of para-hydroxylation sites is 1. The van der Waals surface area contributed by atoms with Gasteiger partial charge in [-0.3, -0.25) is 9.69 Å². The summed E-state index contributed by atoms with van der Waals surface area (Å²) in [4.78, 5) is 14.5. The van der Waals surface area contributed by atoms with Gasteiger partial charge in [-0.05, 0) is 64.5 Å². The molecule has 1 aliphatic rings. The van der Waals surface area contributed by atoms with Gasteiger partial charge in [-0.1, -0.05) is 46.3 Å². The third kappa shape index (κ3) is 3.80. The van der Waals surface area contributed by atoms with E-state index in [1.165, 1.54) is 0 Å². The van der Waals surface area contributed by atoms with Crippen molar-refractivity contribution in [3.63, 3.8) is 0 Å². The number of carbonyl (C=O) groups excluding carboxylic acids is 1. The summed E-state index contributed by atoms with van der Waals surface area (Å²) in [5.41, 5.74) is 4.49. The monoisotopic (exact) mass is 531 g/mol. The van der Waals surface area contributed by atoms with E-state index in [1.807, 2.05) is 77.7 Å². The van der Waals surface area contributed by atoms with Crippen LogP contribution < -0.4 is 9.64 Å². The van der Waals surface area contributed by atoms with Gasteiger partial charge in [0.15, 0.2) is 5.65 Å². The molecule has 0 radical (unpaired) electrons. The van der Waals surface area contributed by atoms with E-state index in [2.05, 4.69) is 37.5 Å². The normalized spacial score (nSPS) is 16.0. The van der Waals surface area contributed by atoms with Crippen LogP contribution in [-0.2, 0) is 11.4 Å². The van der Waals surface area contributed by atoms with Crippen LogP contribution in [0.15, 0.2) is 83.3 Å². The maximum Gasteiger partial charge on any atom is 0.238 e. The maximum absolute atomic E-state index is 12.6. The number of pyridine rings is 1. The van der Waals surface area contributed by atoms with E-state index in [-0.39, 0.29) is 11.3 Å². The van der Waals surface area contributed by atoms with Crippen molar-refractivity contribution in [1.82, 2.24) is 20.0 Å². The molecule has 0 aliphatic carbocycles. The Morgan fingerprint density at radius 2 is 1.82 bits per heavy atom. The summed E-state index contributed by atoms with van der Waals surface area (Å²) in [7, 11) is 0. The smallest absolute Gasteiger partial charge is 0.238 e. The van der Waals surface area contributed by atoms with Gasteiger partial charge in [-0.25, -0.2) is 0 Å². The number of amides is 1. The first-order valence-corrected chi connectivity index (χ1v) is 12.5. The van der Waals surface area contributed by atoms with E-state index in [0.29, 0.717) is 18.0 Å². The Hall–Kier alpha value is -3.43. The number of anilines is 1. The highest BCUT2D eigenvalue weighted by Gasteiger charge is 2.34. The minimum absolute atomic E-state index is 0.0649. The molecule has 3 heterocycles. The summed E-state index contributed by atoms with van der Waals surface area (Å²) in [6, 6.07) is 25.8. The van der Waals surface area contributed by atoms with Crippen molar-refractivity contribution in [1.29, 1.82) is 0 Å². The molecule has 1 fully saturated rings. The lowest BCUT2D eigenvalue weighted by Crippen LogP contribution is -2.27. The highest BCUT2D eigenvalue weighted by Crippen LogP contribution is 2.42. The highest BCUT2D eigenvalue weighted by atomic mass is 79.9. The number of tetrazole rings is 1. The van der Waals surface area contributed by atoms with Crippen LogP contribution in [0.1, 0.15) is 16.5 Å². The molecular weight excluding hydrogens is 514 g/mol. The average molecular weight is 532 g/mol. The van der Waals surface area contributed by atoms with Crippen molar-refractivity contribution >= 4 is 55.8 Å². The van der Waals surface area contributed by atoms with E-state index < -0.39 is 0 Å². The molecule has 34 heavy (non-hydrogen) atoms. The lowest BCUT2D eigenvalue weighted by molar-refractivity contribution is -0.115. The quantitative estimate of drug-likeness (QED) is 0.302. The fourth-order valence-electron chi connectivity index (χ4n) is 4.15. The third-order valence-corrected chi connectivity index (χ3v) is 7.52. The Bertz CT molecular complexity index is 1500. The summed E-state index contributed by atoms with van der Waals surface area (Å²) >= 11 is 5.09. The molecule has 1 aliphatic heterocycles. The van der Waals surface area contributed by atoms with Gasteiger partial charge in [0.25, 0.3) is 0 Å². The van der Waals surface area contributed by atoms with Gasteiger partial charge in [0, 0.05) is 21.1 Å². The summed E-state index contributed by atoms with van der Waals surface area (Å²) < 4.78 is 8.80. The molecule has 2 aromatic heterocycles. The Balaban J connectivity index is 1.22. The Morgan fingerprint density at radius 3 is 2.65 bits per heavy atom. The molecule has 3 aromatic carbocycles. The van der Waals surface area contributed by atoms with Gasteiger partial charge in [0.1, 0.15) is 17.7 Å². The lowest BCUT2D eigenvalue weighted by Gasteiger charge is -2.24. The number of ether oxygens (including phenoxy) is 1. The summed E-state index contributed by atoms with van der Waals surface area (Å²) in [5, 5.41) is 13.1. The van der Waals surface area contributed by atoms with Crippen molar-refractivity contribution < 1.29 is 9.53 Å². The van der Waals surface area contributed by atoms with Crippen molar-refractivity contribution in [2.75, 3.05) is 10.7 Å². The number of nitrogens with zero attached hydrogens (tertiary/aromatic N) is 5. The van der Waals surface area contributed by atoms with E-state index in [4.69, 9.17) is 4.74 Å². The molecule has 6 rings (SSSR count). The minimum Gasteiger partial charge on any atom is -0.489 e. The Morgan fingerprint density at radius 1 is 1.03 bits per heavy atom. The number of carbonyl (C=O) groups is 1. The van der Waals surface area contributed by atoms with Crippen molar-refractivity contribution in [2.24, 2.45) is 0 Å². The van der Waals surface area contributed by atoms with Crippen LogP contribution in [-0.4, -0.2) is 31.7 Å². The second kappa shape index (κ2) is 8.73. The van der Waals surface area contributed by atoms with Crippen LogP contribution in [0, 0.1) is 0 Å². The van der Waals surface area contributed by atoms with E-state index in [1.54, 1.807) is 16.3 Å². The zero-order valence-electron chi connectivity index (χ0n) is 17.8. The second-order valence-electron chi connectivity index (χ2n) is 7.90. The third-order valence-electron chi connectivity index (χ3n) is 5.78. The maximum atomic E-state index is 12.6. The van der Waals surface area contributed by atoms with Gasteiger partial charge < -0.3 is 4.74 Å². The SMILES string of the molecule is O=C1CSC(c2ccc(OCc3cc4ccccc4n4nnnc34)cc2)N1c1ccc(Br)cc1. The molecule has 1 amide bonds. The van der Waals surface area contributed by atoms with Crippen LogP contribution in [0.3, 0.4) is 0 Å². The summed E-state index contributed by atoms with van der Waals surface area (Å²) in [5.74, 6) is 1.32. The minimum atomic E-state index is -0.0649. The molecule has 0 N–H and O–H groups in total. The molecule has 168 valence electrons. The average Bonchev–Trinajstić information content (AvgIpc) is 3.51. The predicted molar refractivity (Wildman–Crippen MR) is 136 cm³/mol. The van der Waals surface area contributed by atoms with Crippen LogP contribution in [0.25, 0.3) is 16.6 Å². The summed E-state index contributed by atoms with van der Waals surface area (Å²) in [6.07, 6.45) is 0. The summed E-state index contributed by atoms with van der Waals surface area (Å²) in [6.45, 7) is 0.343. The molecule has 0 saturated carbocycles. The molecule has 1 unspecified atom stereocenters. The second-order valence-corrected chi connectivity index (χ2v) is 9.89. The molecule has 7 nitrogen and oxygen atoms in total. The first kappa shape index (κ1) is 21.1. The highest BCUT2D eigenvalue weighted by molar-refractivity contribution is 9.10. The molecule has 1 saturated heterocycles. The number of thioether (sulfide) groups is 1. The molecule has 0 bridgehead atoms. The molecular formula is C25H18BrN5O2S. The van der Waals surface area contributed by atoms with Crippen molar-refractivity contribution in [3.8, 4) is 5.75 Å². The largest absolute Gasteiger partial charge is 0.489 e. The molecule has 1 atom stereocenters. The number of hydrogen-bond acceptors (Lipinski definition) is 6. The predicted octanol–water partition coefficient (Wildman–Crippen LogP) is 5.40.